The molecule has 1 nitrogen and oxygen atoms in total. The van der Waals surface area contributed by atoms with Gasteiger partial charge in [-0.15, -0.1) is 0 Å². The number of benzene rings is 1. The molecular weight excluding hydrogens is 204 g/mol. The van der Waals surface area contributed by atoms with Crippen LogP contribution in [0.1, 0.15) is 31.4 Å². The van der Waals surface area contributed by atoms with Crippen molar-refractivity contribution in [1.29, 1.82) is 0 Å². The Labute approximate surface area is 96.2 Å². The van der Waals surface area contributed by atoms with Crippen molar-refractivity contribution in [2.24, 2.45) is 0 Å². The maximum absolute atomic E-state index is 6.08. The van der Waals surface area contributed by atoms with Crippen molar-refractivity contribution in [2.75, 3.05) is 6.26 Å². The normalized spacial score (nSPS) is 27.9. The molecule has 82 valence electrons. The highest BCUT2D eigenvalue weighted by atomic mass is 32.2. The zero-order valence-corrected chi connectivity index (χ0v) is 10.2. The van der Waals surface area contributed by atoms with Crippen molar-refractivity contribution < 1.29 is 4.74 Å². The van der Waals surface area contributed by atoms with E-state index in [1.807, 2.05) is 11.8 Å². The molecule has 0 bridgehead atoms. The number of thioether (sulfide) groups is 1. The van der Waals surface area contributed by atoms with E-state index in [2.05, 4.69) is 43.5 Å². The Bertz CT molecular complexity index is 299. The summed E-state index contributed by atoms with van der Waals surface area (Å²) in [6.45, 7) is 2.25. The molecule has 15 heavy (non-hydrogen) atoms. The largest absolute Gasteiger partial charge is 0.369 e. The summed E-state index contributed by atoms with van der Waals surface area (Å²) in [5, 5.41) is 0.610. The van der Waals surface area contributed by atoms with Gasteiger partial charge in [0.25, 0.3) is 0 Å². The van der Waals surface area contributed by atoms with Crippen LogP contribution in [0.5, 0.6) is 0 Å². The molecule has 1 fully saturated rings. The minimum Gasteiger partial charge on any atom is -0.369 e. The fourth-order valence-corrected chi connectivity index (χ4v) is 2.58. The van der Waals surface area contributed by atoms with E-state index in [1.54, 1.807) is 0 Å². The van der Waals surface area contributed by atoms with E-state index in [-0.39, 0.29) is 0 Å². The lowest BCUT2D eigenvalue weighted by Crippen LogP contribution is -2.18. The Kier molecular flexibility index (Phi) is 3.71. The highest BCUT2D eigenvalue weighted by molar-refractivity contribution is 7.99. The van der Waals surface area contributed by atoms with Gasteiger partial charge < -0.3 is 4.74 Å². The van der Waals surface area contributed by atoms with Crippen molar-refractivity contribution in [3.05, 3.63) is 35.9 Å². The fourth-order valence-electron chi connectivity index (χ4n) is 2.07. The molecule has 1 aromatic rings. The summed E-state index contributed by atoms with van der Waals surface area (Å²) in [7, 11) is 0. The topological polar surface area (TPSA) is 9.23 Å². The summed E-state index contributed by atoms with van der Waals surface area (Å²) >= 11 is 1.89. The summed E-state index contributed by atoms with van der Waals surface area (Å²) in [5.41, 5.74) is 1.33. The first-order valence-corrected chi connectivity index (χ1v) is 6.83. The van der Waals surface area contributed by atoms with Crippen LogP contribution < -0.4 is 0 Å². The summed E-state index contributed by atoms with van der Waals surface area (Å²) in [5.74, 6) is 0. The molecule has 0 spiro atoms. The van der Waals surface area contributed by atoms with Crippen molar-refractivity contribution in [3.63, 3.8) is 0 Å². The Morgan fingerprint density at radius 2 is 2.00 bits per heavy atom. The average molecular weight is 222 g/mol. The van der Waals surface area contributed by atoms with Gasteiger partial charge in [-0.2, -0.15) is 11.8 Å². The molecule has 1 saturated heterocycles. The minimum absolute atomic E-state index is 0.325. The van der Waals surface area contributed by atoms with Crippen molar-refractivity contribution >= 4 is 11.8 Å². The molecule has 0 saturated carbocycles. The lowest BCUT2D eigenvalue weighted by molar-refractivity contribution is 0.0460. The standard InChI is InChI=1S/C13H18OS/c1-10(15-2)12-8-9-13(14-12)11-6-4-3-5-7-11/h3-7,10,12-13H,8-9H2,1-2H3/t10?,12-,13-/m1/s1. The molecule has 0 amide bonds. The number of hydrogen-bond donors (Lipinski definition) is 0. The quantitative estimate of drug-likeness (QED) is 0.772. The minimum atomic E-state index is 0.325. The molecular formula is C13H18OS. The van der Waals surface area contributed by atoms with Crippen LogP contribution in [0.3, 0.4) is 0 Å². The fraction of sp³-hybridized carbons (Fsp3) is 0.538. The van der Waals surface area contributed by atoms with Crippen LogP contribution in [0.25, 0.3) is 0 Å². The van der Waals surface area contributed by atoms with Crippen LogP contribution in [0.2, 0.25) is 0 Å². The number of rotatable bonds is 3. The van der Waals surface area contributed by atoms with Gasteiger partial charge in [-0.3, -0.25) is 0 Å². The lowest BCUT2D eigenvalue weighted by atomic mass is 10.1. The second-order valence-corrected chi connectivity index (χ2v) is 5.31. The Morgan fingerprint density at radius 3 is 2.67 bits per heavy atom. The highest BCUT2D eigenvalue weighted by Crippen LogP contribution is 2.36. The van der Waals surface area contributed by atoms with Crippen LogP contribution in [0, 0.1) is 0 Å². The first-order chi connectivity index (χ1) is 7.31. The van der Waals surface area contributed by atoms with E-state index in [0.29, 0.717) is 17.5 Å². The average Bonchev–Trinajstić information content (AvgIpc) is 2.78. The maximum Gasteiger partial charge on any atom is 0.0830 e. The van der Waals surface area contributed by atoms with E-state index in [1.165, 1.54) is 18.4 Å². The summed E-state index contributed by atoms with van der Waals surface area (Å²) in [6.07, 6.45) is 5.28. The summed E-state index contributed by atoms with van der Waals surface area (Å²) < 4.78 is 6.08. The lowest BCUT2D eigenvalue weighted by Gasteiger charge is -2.18. The van der Waals surface area contributed by atoms with Gasteiger partial charge in [0, 0.05) is 5.25 Å². The van der Waals surface area contributed by atoms with Gasteiger partial charge in [0.15, 0.2) is 0 Å². The van der Waals surface area contributed by atoms with E-state index >= 15 is 0 Å². The Morgan fingerprint density at radius 1 is 1.27 bits per heavy atom. The molecule has 2 heteroatoms. The molecule has 1 aromatic carbocycles. The van der Waals surface area contributed by atoms with Gasteiger partial charge in [0.1, 0.15) is 0 Å². The summed E-state index contributed by atoms with van der Waals surface area (Å²) in [6, 6.07) is 10.6. The van der Waals surface area contributed by atoms with E-state index in [0.717, 1.165) is 0 Å². The van der Waals surface area contributed by atoms with Gasteiger partial charge in [0.05, 0.1) is 12.2 Å². The predicted molar refractivity (Wildman–Crippen MR) is 66.3 cm³/mol. The van der Waals surface area contributed by atoms with Gasteiger partial charge >= 0.3 is 0 Å². The zero-order valence-electron chi connectivity index (χ0n) is 9.35. The van der Waals surface area contributed by atoms with E-state index in [9.17, 15) is 0 Å². The molecule has 1 heterocycles. The molecule has 0 aromatic heterocycles. The van der Waals surface area contributed by atoms with Crippen LogP contribution in [-0.4, -0.2) is 17.6 Å². The molecule has 1 aliphatic rings. The van der Waals surface area contributed by atoms with Gasteiger partial charge in [-0.1, -0.05) is 37.3 Å². The van der Waals surface area contributed by atoms with E-state index in [4.69, 9.17) is 4.74 Å². The van der Waals surface area contributed by atoms with E-state index < -0.39 is 0 Å². The van der Waals surface area contributed by atoms with Crippen LogP contribution in [-0.2, 0) is 4.74 Å². The third-order valence-electron chi connectivity index (χ3n) is 3.12. The first kappa shape index (κ1) is 11.0. The Hall–Kier alpha value is -0.470. The first-order valence-electron chi connectivity index (χ1n) is 5.54. The maximum atomic E-state index is 6.08. The van der Waals surface area contributed by atoms with Crippen molar-refractivity contribution in [2.45, 2.75) is 37.2 Å². The van der Waals surface area contributed by atoms with Gasteiger partial charge in [0.2, 0.25) is 0 Å². The summed E-state index contributed by atoms with van der Waals surface area (Å²) in [4.78, 5) is 0. The third-order valence-corrected chi connectivity index (χ3v) is 4.17. The number of ether oxygens (including phenoxy) is 1. The van der Waals surface area contributed by atoms with Gasteiger partial charge in [-0.05, 0) is 24.7 Å². The molecule has 1 unspecified atom stereocenters. The van der Waals surface area contributed by atoms with Crippen molar-refractivity contribution in [3.8, 4) is 0 Å². The third kappa shape index (κ3) is 2.56. The molecule has 1 aliphatic heterocycles. The molecule has 0 aliphatic carbocycles. The zero-order chi connectivity index (χ0) is 10.7. The van der Waals surface area contributed by atoms with Crippen LogP contribution in [0.15, 0.2) is 30.3 Å². The highest BCUT2D eigenvalue weighted by Gasteiger charge is 2.29. The monoisotopic (exact) mass is 222 g/mol. The second-order valence-electron chi connectivity index (χ2n) is 4.09. The van der Waals surface area contributed by atoms with Crippen molar-refractivity contribution in [1.82, 2.24) is 0 Å². The SMILES string of the molecule is CSC(C)[C@H]1CC[C@H](c2ccccc2)O1. The Balaban J connectivity index is 1.99. The molecule has 0 N–H and O–H groups in total. The van der Waals surface area contributed by atoms with Crippen LogP contribution >= 0.6 is 11.8 Å². The predicted octanol–water partition coefficient (Wildman–Crippen LogP) is 3.66. The van der Waals surface area contributed by atoms with Gasteiger partial charge in [-0.25, -0.2) is 0 Å². The number of hydrogen-bond acceptors (Lipinski definition) is 2. The second kappa shape index (κ2) is 5.04. The molecule has 2 rings (SSSR count). The molecule has 0 radical (unpaired) electrons. The molecule has 3 atom stereocenters. The van der Waals surface area contributed by atoms with Crippen LogP contribution in [0.4, 0.5) is 0 Å². The smallest absolute Gasteiger partial charge is 0.0830 e.